The Hall–Kier alpha value is -2.98. The summed E-state index contributed by atoms with van der Waals surface area (Å²) in [6.07, 6.45) is 14.0. The van der Waals surface area contributed by atoms with Gasteiger partial charge in [-0.05, 0) is 18.2 Å². The molecule has 21 heavy (non-hydrogen) atoms. The van der Waals surface area contributed by atoms with Crippen molar-refractivity contribution >= 4 is 28.3 Å². The first-order valence-electron chi connectivity index (χ1n) is 5.88. The van der Waals surface area contributed by atoms with Gasteiger partial charge in [-0.2, -0.15) is 0 Å². The van der Waals surface area contributed by atoms with E-state index in [1.807, 2.05) is 0 Å². The minimum absolute atomic E-state index is 0.262. The highest BCUT2D eigenvalue weighted by Gasteiger charge is 2.17. The Bertz CT molecular complexity index is 707. The molecule has 6 nitrogen and oxygen atoms in total. The van der Waals surface area contributed by atoms with Gasteiger partial charge in [-0.1, -0.05) is 12.0 Å². The van der Waals surface area contributed by atoms with Gasteiger partial charge in [0.2, 0.25) is 0 Å². The first kappa shape index (κ1) is 14.4. The van der Waals surface area contributed by atoms with Crippen LogP contribution in [0.5, 0.6) is 0 Å². The summed E-state index contributed by atoms with van der Waals surface area (Å²) in [5.74, 6) is 2.03. The maximum Gasteiger partial charge on any atom is 0.317 e. The van der Waals surface area contributed by atoms with E-state index >= 15 is 0 Å². The molecule has 1 aliphatic heterocycles. The topological polar surface area (TPSA) is 96.2 Å². The second-order valence-electron chi connectivity index (χ2n) is 3.93. The standard InChI is InChI=1S/C14H12N4O2S/c1-2-10-7-11(13(21-10)18-14(15)20)12(19)17-9-5-3-4-6-16-8-9/h1,3-8,16H,(H,17,19)(H3,15,18,20). The van der Waals surface area contributed by atoms with E-state index < -0.39 is 11.9 Å². The largest absolute Gasteiger partial charge is 0.366 e. The SMILES string of the molecule is C#Cc1cc(C(=O)NC2=CNC=CC=C2)c(NC(N)=O)s1. The van der Waals surface area contributed by atoms with Crippen LogP contribution < -0.4 is 21.7 Å². The normalized spacial score (nSPS) is 12.6. The zero-order valence-electron chi connectivity index (χ0n) is 10.8. The van der Waals surface area contributed by atoms with E-state index in [1.54, 1.807) is 30.6 Å². The molecule has 0 bridgehead atoms. The number of carbonyl (C=O) groups is 2. The van der Waals surface area contributed by atoms with E-state index in [-0.39, 0.29) is 5.56 Å². The highest BCUT2D eigenvalue weighted by molar-refractivity contribution is 7.17. The van der Waals surface area contributed by atoms with Crippen LogP contribution in [0.15, 0.2) is 42.4 Å². The summed E-state index contributed by atoms with van der Waals surface area (Å²) in [7, 11) is 0. The molecule has 0 saturated carbocycles. The number of urea groups is 1. The van der Waals surface area contributed by atoms with Gasteiger partial charge < -0.3 is 16.4 Å². The molecule has 3 amide bonds. The first-order chi connectivity index (χ1) is 10.1. The Morgan fingerprint density at radius 2 is 2.14 bits per heavy atom. The maximum absolute atomic E-state index is 12.3. The number of terminal acetylenes is 1. The molecule has 106 valence electrons. The van der Waals surface area contributed by atoms with Gasteiger partial charge in [0.05, 0.1) is 16.1 Å². The number of anilines is 1. The zero-order valence-corrected chi connectivity index (χ0v) is 11.7. The summed E-state index contributed by atoms with van der Waals surface area (Å²) >= 11 is 1.11. The molecule has 0 fully saturated rings. The monoisotopic (exact) mass is 300 g/mol. The molecule has 2 heterocycles. The van der Waals surface area contributed by atoms with Crippen LogP contribution in [0.25, 0.3) is 0 Å². The smallest absolute Gasteiger partial charge is 0.317 e. The van der Waals surface area contributed by atoms with Gasteiger partial charge in [-0.3, -0.25) is 10.1 Å². The zero-order chi connectivity index (χ0) is 15.2. The van der Waals surface area contributed by atoms with Crippen LogP contribution in [-0.4, -0.2) is 11.9 Å². The number of hydrogen-bond donors (Lipinski definition) is 4. The molecule has 0 spiro atoms. The fraction of sp³-hybridized carbons (Fsp3) is 0. The summed E-state index contributed by atoms with van der Waals surface area (Å²) in [6.45, 7) is 0. The predicted octanol–water partition coefficient (Wildman–Crippen LogP) is 1.46. The molecule has 0 unspecified atom stereocenters. The molecular weight excluding hydrogens is 288 g/mol. The van der Waals surface area contributed by atoms with Crippen molar-refractivity contribution in [3.05, 3.63) is 52.8 Å². The summed E-state index contributed by atoms with van der Waals surface area (Å²) < 4.78 is 0. The Morgan fingerprint density at radius 1 is 1.33 bits per heavy atom. The Balaban J connectivity index is 2.22. The first-order valence-corrected chi connectivity index (χ1v) is 6.69. The van der Waals surface area contributed by atoms with Crippen LogP contribution in [0, 0.1) is 12.3 Å². The van der Waals surface area contributed by atoms with Crippen molar-refractivity contribution < 1.29 is 9.59 Å². The van der Waals surface area contributed by atoms with Gasteiger partial charge in [0.15, 0.2) is 0 Å². The van der Waals surface area contributed by atoms with E-state index in [2.05, 4.69) is 21.9 Å². The molecule has 1 aromatic heterocycles. The van der Waals surface area contributed by atoms with Gasteiger partial charge >= 0.3 is 6.03 Å². The Labute approximate surface area is 125 Å². The van der Waals surface area contributed by atoms with Crippen molar-refractivity contribution in [1.29, 1.82) is 0 Å². The van der Waals surface area contributed by atoms with E-state index in [9.17, 15) is 9.59 Å². The molecular formula is C14H12N4O2S. The number of primary amides is 1. The van der Waals surface area contributed by atoms with Crippen LogP contribution >= 0.6 is 11.3 Å². The van der Waals surface area contributed by atoms with Gasteiger partial charge in [-0.25, -0.2) is 4.79 Å². The molecule has 2 rings (SSSR count). The van der Waals surface area contributed by atoms with E-state index in [4.69, 9.17) is 12.2 Å². The molecule has 1 aliphatic rings. The maximum atomic E-state index is 12.3. The third-order valence-electron chi connectivity index (χ3n) is 2.43. The molecule has 0 atom stereocenters. The number of carbonyl (C=O) groups excluding carboxylic acids is 2. The number of amides is 3. The van der Waals surface area contributed by atoms with Crippen LogP contribution in [-0.2, 0) is 0 Å². The molecule has 5 N–H and O–H groups in total. The van der Waals surface area contributed by atoms with Crippen LogP contribution in [0.1, 0.15) is 15.2 Å². The highest BCUT2D eigenvalue weighted by atomic mass is 32.1. The second kappa shape index (κ2) is 6.45. The minimum atomic E-state index is -0.756. The molecule has 0 aromatic carbocycles. The van der Waals surface area contributed by atoms with Crippen LogP contribution in [0.4, 0.5) is 9.80 Å². The third-order valence-corrected chi connectivity index (χ3v) is 3.41. The average Bonchev–Trinajstić information content (AvgIpc) is 2.66. The van der Waals surface area contributed by atoms with Gasteiger partial charge in [0.25, 0.3) is 5.91 Å². The minimum Gasteiger partial charge on any atom is -0.366 e. The van der Waals surface area contributed by atoms with Crippen molar-refractivity contribution in [3.8, 4) is 12.3 Å². The molecule has 0 saturated heterocycles. The third kappa shape index (κ3) is 3.75. The number of allylic oxidation sites excluding steroid dienone is 3. The molecule has 7 heteroatoms. The fourth-order valence-electron chi connectivity index (χ4n) is 1.57. The molecule has 0 radical (unpaired) electrons. The van der Waals surface area contributed by atoms with Gasteiger partial charge in [-0.15, -0.1) is 17.8 Å². The molecule has 0 aliphatic carbocycles. The Kier molecular flexibility index (Phi) is 4.43. The highest BCUT2D eigenvalue weighted by Crippen LogP contribution is 2.27. The quantitative estimate of drug-likeness (QED) is 0.636. The Morgan fingerprint density at radius 3 is 2.86 bits per heavy atom. The second-order valence-corrected chi connectivity index (χ2v) is 4.98. The number of nitrogens with two attached hydrogens (primary N) is 1. The van der Waals surface area contributed by atoms with E-state index in [0.717, 1.165) is 11.3 Å². The summed E-state index contributed by atoms with van der Waals surface area (Å²) in [6, 6.07) is 0.770. The van der Waals surface area contributed by atoms with Crippen LogP contribution in [0.2, 0.25) is 0 Å². The summed E-state index contributed by atoms with van der Waals surface area (Å²) in [5.41, 5.74) is 5.92. The van der Waals surface area contributed by atoms with Crippen molar-refractivity contribution in [1.82, 2.24) is 10.6 Å². The van der Waals surface area contributed by atoms with Gasteiger partial charge in [0, 0.05) is 12.4 Å². The lowest BCUT2D eigenvalue weighted by Crippen LogP contribution is -2.25. The fourth-order valence-corrected chi connectivity index (χ4v) is 2.44. The number of hydrogen-bond acceptors (Lipinski definition) is 4. The summed E-state index contributed by atoms with van der Waals surface area (Å²) in [4.78, 5) is 23.8. The van der Waals surface area contributed by atoms with Crippen molar-refractivity contribution in [3.63, 3.8) is 0 Å². The summed E-state index contributed by atoms with van der Waals surface area (Å²) in [5, 5.41) is 8.29. The number of rotatable bonds is 3. The number of thiophene rings is 1. The predicted molar refractivity (Wildman–Crippen MR) is 82.4 cm³/mol. The lowest BCUT2D eigenvalue weighted by atomic mass is 10.2. The van der Waals surface area contributed by atoms with Gasteiger partial charge in [0.1, 0.15) is 5.00 Å². The lowest BCUT2D eigenvalue weighted by Gasteiger charge is -2.06. The van der Waals surface area contributed by atoms with E-state index in [1.165, 1.54) is 6.07 Å². The van der Waals surface area contributed by atoms with Crippen molar-refractivity contribution in [2.75, 3.05) is 5.32 Å². The lowest BCUT2D eigenvalue weighted by molar-refractivity contribution is 0.0968. The molecule has 1 aromatic rings. The van der Waals surface area contributed by atoms with Crippen molar-refractivity contribution in [2.24, 2.45) is 5.73 Å². The number of nitrogens with one attached hydrogen (secondary N) is 3. The van der Waals surface area contributed by atoms with E-state index in [0.29, 0.717) is 15.6 Å². The van der Waals surface area contributed by atoms with Crippen molar-refractivity contribution in [2.45, 2.75) is 0 Å². The average molecular weight is 300 g/mol. The van der Waals surface area contributed by atoms with Crippen LogP contribution in [0.3, 0.4) is 0 Å².